The fraction of sp³-hybridized carbons (Fsp3) is 0.227. The van der Waals surface area contributed by atoms with Crippen LogP contribution in [0.1, 0.15) is 10.4 Å². The Kier molecular flexibility index (Phi) is 7.09. The third kappa shape index (κ3) is 5.73. The van der Waals surface area contributed by atoms with E-state index in [0.717, 1.165) is 18.8 Å². The number of hydrogen-bond donors (Lipinski definition) is 2. The number of ether oxygens (including phenoxy) is 1. The Bertz CT molecular complexity index is 1060. The Morgan fingerprint density at radius 1 is 1.13 bits per heavy atom. The van der Waals surface area contributed by atoms with E-state index in [9.17, 15) is 13.6 Å². The number of carbonyl (C=O) groups is 1. The van der Waals surface area contributed by atoms with Crippen molar-refractivity contribution in [1.29, 1.82) is 0 Å². The molecular formula is C22H23F2N5O2. The summed E-state index contributed by atoms with van der Waals surface area (Å²) in [7, 11) is 5.27. The van der Waals surface area contributed by atoms with E-state index >= 15 is 0 Å². The molecule has 0 unspecified atom stereocenters. The zero-order chi connectivity index (χ0) is 22.4. The number of nitrogens with one attached hydrogen (secondary N) is 2. The number of rotatable bonds is 8. The second kappa shape index (κ2) is 9.94. The molecule has 1 amide bonds. The third-order valence-corrected chi connectivity index (χ3v) is 4.41. The predicted octanol–water partition coefficient (Wildman–Crippen LogP) is 3.47. The lowest BCUT2D eigenvalue weighted by Crippen LogP contribution is -2.31. The number of anilines is 2. The van der Waals surface area contributed by atoms with Crippen LogP contribution in [0.5, 0.6) is 5.75 Å². The van der Waals surface area contributed by atoms with Gasteiger partial charge in [-0.1, -0.05) is 0 Å². The highest BCUT2D eigenvalue weighted by atomic mass is 19.1. The molecule has 1 aromatic heterocycles. The van der Waals surface area contributed by atoms with Gasteiger partial charge in [0.25, 0.3) is 5.91 Å². The number of methoxy groups -OCH3 is 1. The van der Waals surface area contributed by atoms with Gasteiger partial charge in [0.2, 0.25) is 5.95 Å². The van der Waals surface area contributed by atoms with Crippen molar-refractivity contribution in [1.82, 2.24) is 20.2 Å². The van der Waals surface area contributed by atoms with Crippen LogP contribution in [0.25, 0.3) is 11.3 Å². The summed E-state index contributed by atoms with van der Waals surface area (Å²) in [6.07, 6.45) is 1.00. The number of aromatic nitrogens is 2. The number of hydrogen-bond acceptors (Lipinski definition) is 6. The van der Waals surface area contributed by atoms with Crippen LogP contribution in [0.2, 0.25) is 0 Å². The van der Waals surface area contributed by atoms with Crippen LogP contribution in [-0.4, -0.2) is 55.1 Å². The Balaban J connectivity index is 1.76. The van der Waals surface area contributed by atoms with Gasteiger partial charge < -0.3 is 20.3 Å². The summed E-state index contributed by atoms with van der Waals surface area (Å²) in [6.45, 7) is 1.29. The molecule has 7 nitrogen and oxygen atoms in total. The van der Waals surface area contributed by atoms with Gasteiger partial charge in [-0.2, -0.15) is 0 Å². The number of amides is 1. The number of nitrogens with zero attached hydrogens (tertiary/aromatic N) is 3. The lowest BCUT2D eigenvalue weighted by molar-refractivity contribution is 0.0951. The van der Waals surface area contributed by atoms with Gasteiger partial charge >= 0.3 is 0 Å². The SMILES string of the molecule is COc1ccc(F)cc1-c1nc(Nc2ccc(C(=O)NCCN(C)C)cc2)ncc1F. The molecule has 1 heterocycles. The smallest absolute Gasteiger partial charge is 0.251 e. The highest BCUT2D eigenvalue weighted by Gasteiger charge is 2.15. The van der Waals surface area contributed by atoms with Gasteiger partial charge in [-0.3, -0.25) is 4.79 Å². The second-order valence-electron chi connectivity index (χ2n) is 7.00. The first-order chi connectivity index (χ1) is 14.9. The first-order valence-corrected chi connectivity index (χ1v) is 9.54. The first-order valence-electron chi connectivity index (χ1n) is 9.54. The normalized spacial score (nSPS) is 10.8. The molecule has 162 valence electrons. The summed E-state index contributed by atoms with van der Waals surface area (Å²) in [5, 5.41) is 5.79. The number of halogens is 2. The summed E-state index contributed by atoms with van der Waals surface area (Å²) < 4.78 is 33.2. The number of benzene rings is 2. The standard InChI is InChI=1S/C22H23F2N5O2/c1-29(2)11-10-25-21(30)14-4-7-16(8-5-14)27-22-26-13-18(24)20(28-22)17-12-15(23)6-9-19(17)31-3/h4-9,12-13H,10-11H2,1-3H3,(H,25,30)(H,26,27,28). The van der Waals surface area contributed by atoms with Gasteiger partial charge in [-0.25, -0.2) is 18.7 Å². The number of likely N-dealkylation sites (N-methyl/N-ethyl adjacent to an activating group) is 1. The van der Waals surface area contributed by atoms with E-state index in [4.69, 9.17) is 4.74 Å². The first kappa shape index (κ1) is 22.1. The van der Waals surface area contributed by atoms with Crippen molar-refractivity contribution in [3.8, 4) is 17.0 Å². The Morgan fingerprint density at radius 3 is 2.55 bits per heavy atom. The van der Waals surface area contributed by atoms with E-state index in [0.29, 0.717) is 17.8 Å². The average Bonchev–Trinajstić information content (AvgIpc) is 2.75. The van der Waals surface area contributed by atoms with Crippen molar-refractivity contribution in [3.63, 3.8) is 0 Å². The maximum atomic E-state index is 14.4. The van der Waals surface area contributed by atoms with E-state index < -0.39 is 11.6 Å². The van der Waals surface area contributed by atoms with Crippen molar-refractivity contribution in [2.75, 3.05) is 39.6 Å². The molecule has 2 aromatic carbocycles. The minimum absolute atomic E-state index is 0.0919. The van der Waals surface area contributed by atoms with Crippen LogP contribution in [0.15, 0.2) is 48.7 Å². The summed E-state index contributed by atoms with van der Waals surface area (Å²) in [4.78, 5) is 22.3. The van der Waals surface area contributed by atoms with Crippen molar-refractivity contribution in [3.05, 3.63) is 65.9 Å². The average molecular weight is 427 g/mol. The van der Waals surface area contributed by atoms with Gasteiger partial charge in [0.1, 0.15) is 17.3 Å². The Labute approximate surface area is 179 Å². The van der Waals surface area contributed by atoms with Gasteiger partial charge in [-0.15, -0.1) is 0 Å². The lowest BCUT2D eigenvalue weighted by Gasteiger charge is -2.12. The highest BCUT2D eigenvalue weighted by molar-refractivity contribution is 5.94. The van der Waals surface area contributed by atoms with Crippen molar-refractivity contribution < 1.29 is 18.3 Å². The van der Waals surface area contributed by atoms with Crippen molar-refractivity contribution in [2.45, 2.75) is 0 Å². The van der Waals surface area contributed by atoms with Crippen LogP contribution in [0.4, 0.5) is 20.4 Å². The highest BCUT2D eigenvalue weighted by Crippen LogP contribution is 2.31. The fourth-order valence-corrected chi connectivity index (χ4v) is 2.81. The van der Waals surface area contributed by atoms with Crippen LogP contribution < -0.4 is 15.4 Å². The summed E-state index contributed by atoms with van der Waals surface area (Å²) >= 11 is 0. The fourth-order valence-electron chi connectivity index (χ4n) is 2.81. The largest absolute Gasteiger partial charge is 0.496 e. The molecule has 2 N–H and O–H groups in total. The molecule has 0 spiro atoms. The van der Waals surface area contributed by atoms with E-state index in [1.165, 1.54) is 19.2 Å². The molecule has 9 heteroatoms. The minimum Gasteiger partial charge on any atom is -0.496 e. The molecule has 0 aliphatic carbocycles. The zero-order valence-corrected chi connectivity index (χ0v) is 17.4. The molecule has 31 heavy (non-hydrogen) atoms. The molecule has 0 bridgehead atoms. The molecule has 0 aliphatic heterocycles. The minimum atomic E-state index is -0.709. The van der Waals surface area contributed by atoms with Gasteiger partial charge in [0.15, 0.2) is 5.82 Å². The molecular weight excluding hydrogens is 404 g/mol. The molecule has 3 aromatic rings. The molecule has 0 fully saturated rings. The maximum absolute atomic E-state index is 14.4. The molecule has 0 saturated heterocycles. The van der Waals surface area contributed by atoms with E-state index in [-0.39, 0.29) is 28.9 Å². The van der Waals surface area contributed by atoms with Crippen molar-refractivity contribution in [2.24, 2.45) is 0 Å². The quantitative estimate of drug-likeness (QED) is 0.573. The Morgan fingerprint density at radius 2 is 1.87 bits per heavy atom. The van der Waals surface area contributed by atoms with Crippen molar-refractivity contribution >= 4 is 17.5 Å². The summed E-state index contributed by atoms with van der Waals surface area (Å²) in [5.41, 5.74) is 1.20. The maximum Gasteiger partial charge on any atom is 0.251 e. The second-order valence-corrected chi connectivity index (χ2v) is 7.00. The number of carbonyl (C=O) groups excluding carboxylic acids is 1. The van der Waals surface area contributed by atoms with Crippen LogP contribution >= 0.6 is 0 Å². The zero-order valence-electron chi connectivity index (χ0n) is 17.4. The monoisotopic (exact) mass is 427 g/mol. The lowest BCUT2D eigenvalue weighted by atomic mass is 10.1. The van der Waals surface area contributed by atoms with Crippen LogP contribution in [-0.2, 0) is 0 Å². The molecule has 0 aliphatic rings. The molecule has 0 atom stereocenters. The van der Waals surface area contributed by atoms with Crippen LogP contribution in [0.3, 0.4) is 0 Å². The third-order valence-electron chi connectivity index (χ3n) is 4.41. The van der Waals surface area contributed by atoms with E-state index in [1.54, 1.807) is 24.3 Å². The molecule has 0 radical (unpaired) electrons. The van der Waals surface area contributed by atoms with Gasteiger partial charge in [0.05, 0.1) is 13.3 Å². The van der Waals surface area contributed by atoms with E-state index in [2.05, 4.69) is 20.6 Å². The van der Waals surface area contributed by atoms with E-state index in [1.807, 2.05) is 19.0 Å². The summed E-state index contributed by atoms with van der Waals surface area (Å²) in [5.74, 6) is -1.02. The van der Waals surface area contributed by atoms with Gasteiger partial charge in [-0.05, 0) is 56.6 Å². The molecule has 0 saturated carbocycles. The predicted molar refractivity (Wildman–Crippen MR) is 115 cm³/mol. The Hall–Kier alpha value is -3.59. The topological polar surface area (TPSA) is 79.4 Å². The molecule has 3 rings (SSSR count). The van der Waals surface area contributed by atoms with Gasteiger partial charge in [0, 0.05) is 29.9 Å². The summed E-state index contributed by atoms with van der Waals surface area (Å²) in [6, 6.07) is 10.5. The van der Waals surface area contributed by atoms with Crippen LogP contribution in [0, 0.1) is 11.6 Å².